The summed E-state index contributed by atoms with van der Waals surface area (Å²) in [5.74, 6) is -0.0128. The van der Waals surface area contributed by atoms with Gasteiger partial charge in [0.2, 0.25) is 0 Å². The number of carbonyl (C=O) groups excluding carboxylic acids is 1. The van der Waals surface area contributed by atoms with E-state index in [1.807, 2.05) is 44.2 Å². The molecule has 0 saturated carbocycles. The van der Waals surface area contributed by atoms with Gasteiger partial charge < -0.3 is 10.6 Å². The molecule has 0 bridgehead atoms. The summed E-state index contributed by atoms with van der Waals surface area (Å²) < 4.78 is 0. The largest absolute Gasteiger partial charge is 0.399 e. The molecule has 0 saturated heterocycles. The molecular formula is C16H18N2O. The molecule has 3 nitrogen and oxygen atoms in total. The molecule has 0 fully saturated rings. The standard InChI is InChI=1S/C16H18N2O/c1-11-6-4-7-12(2)15(11)16(19)18(3)14-9-5-8-13(17)10-14/h4-10H,17H2,1-3H3. The minimum atomic E-state index is -0.0128. The van der Waals surface area contributed by atoms with E-state index in [1.54, 1.807) is 24.1 Å². The zero-order valence-corrected chi connectivity index (χ0v) is 11.5. The molecule has 0 radical (unpaired) electrons. The molecule has 19 heavy (non-hydrogen) atoms. The van der Waals surface area contributed by atoms with Gasteiger partial charge in [-0.15, -0.1) is 0 Å². The Morgan fingerprint density at radius 1 is 1.05 bits per heavy atom. The van der Waals surface area contributed by atoms with Gasteiger partial charge in [-0.25, -0.2) is 0 Å². The van der Waals surface area contributed by atoms with Crippen LogP contribution in [-0.2, 0) is 0 Å². The number of hydrogen-bond donors (Lipinski definition) is 1. The number of amides is 1. The molecule has 0 aliphatic rings. The fourth-order valence-electron chi connectivity index (χ4n) is 2.17. The molecule has 2 aromatic carbocycles. The van der Waals surface area contributed by atoms with E-state index in [4.69, 9.17) is 5.73 Å². The Morgan fingerprint density at radius 3 is 2.21 bits per heavy atom. The Hall–Kier alpha value is -2.29. The Morgan fingerprint density at radius 2 is 1.63 bits per heavy atom. The van der Waals surface area contributed by atoms with Crippen LogP contribution in [0, 0.1) is 13.8 Å². The van der Waals surface area contributed by atoms with Crippen LogP contribution in [0.5, 0.6) is 0 Å². The van der Waals surface area contributed by atoms with Gasteiger partial charge in [-0.3, -0.25) is 4.79 Å². The number of benzene rings is 2. The lowest BCUT2D eigenvalue weighted by atomic mass is 10.0. The predicted molar refractivity (Wildman–Crippen MR) is 79.5 cm³/mol. The fraction of sp³-hybridized carbons (Fsp3) is 0.188. The first-order valence-corrected chi connectivity index (χ1v) is 6.20. The highest BCUT2D eigenvalue weighted by atomic mass is 16.2. The third kappa shape index (κ3) is 2.60. The maximum absolute atomic E-state index is 12.6. The van der Waals surface area contributed by atoms with Crippen molar-refractivity contribution in [3.05, 3.63) is 59.2 Å². The minimum absolute atomic E-state index is 0.0128. The molecule has 2 N–H and O–H groups in total. The molecule has 2 aromatic rings. The van der Waals surface area contributed by atoms with Crippen molar-refractivity contribution in [2.24, 2.45) is 0 Å². The van der Waals surface area contributed by atoms with Crippen LogP contribution >= 0.6 is 0 Å². The molecule has 98 valence electrons. The second kappa shape index (κ2) is 5.14. The predicted octanol–water partition coefficient (Wildman–Crippen LogP) is 3.16. The van der Waals surface area contributed by atoms with Crippen LogP contribution in [0.1, 0.15) is 21.5 Å². The van der Waals surface area contributed by atoms with Gasteiger partial charge in [0.1, 0.15) is 0 Å². The number of nitrogen functional groups attached to an aromatic ring is 1. The zero-order chi connectivity index (χ0) is 14.0. The molecule has 2 rings (SSSR count). The topological polar surface area (TPSA) is 46.3 Å². The van der Waals surface area contributed by atoms with E-state index in [0.29, 0.717) is 5.69 Å². The quantitative estimate of drug-likeness (QED) is 0.837. The summed E-state index contributed by atoms with van der Waals surface area (Å²) in [6.07, 6.45) is 0. The first kappa shape index (κ1) is 13.1. The van der Waals surface area contributed by atoms with E-state index in [9.17, 15) is 4.79 Å². The second-order valence-electron chi connectivity index (χ2n) is 4.73. The highest BCUT2D eigenvalue weighted by molar-refractivity contribution is 6.07. The molecule has 0 atom stereocenters. The van der Waals surface area contributed by atoms with Crippen molar-refractivity contribution in [1.82, 2.24) is 0 Å². The number of nitrogens with zero attached hydrogens (tertiary/aromatic N) is 1. The maximum atomic E-state index is 12.6. The van der Waals surface area contributed by atoms with Crippen molar-refractivity contribution in [2.45, 2.75) is 13.8 Å². The van der Waals surface area contributed by atoms with E-state index in [1.165, 1.54) is 0 Å². The summed E-state index contributed by atoms with van der Waals surface area (Å²) in [5, 5.41) is 0. The molecule has 0 heterocycles. The Labute approximate surface area is 113 Å². The van der Waals surface area contributed by atoms with Crippen LogP contribution in [0.3, 0.4) is 0 Å². The molecule has 3 heteroatoms. The highest BCUT2D eigenvalue weighted by Gasteiger charge is 2.17. The van der Waals surface area contributed by atoms with E-state index in [-0.39, 0.29) is 5.91 Å². The number of carbonyl (C=O) groups is 1. The number of nitrogens with two attached hydrogens (primary N) is 1. The minimum Gasteiger partial charge on any atom is -0.399 e. The highest BCUT2D eigenvalue weighted by Crippen LogP contribution is 2.21. The van der Waals surface area contributed by atoms with Crippen molar-refractivity contribution in [2.75, 3.05) is 17.7 Å². The van der Waals surface area contributed by atoms with Gasteiger partial charge in [-0.05, 0) is 43.2 Å². The van der Waals surface area contributed by atoms with E-state index in [2.05, 4.69) is 0 Å². The van der Waals surface area contributed by atoms with Crippen molar-refractivity contribution in [3.8, 4) is 0 Å². The van der Waals surface area contributed by atoms with Crippen molar-refractivity contribution < 1.29 is 4.79 Å². The molecule has 0 aromatic heterocycles. The number of aryl methyl sites for hydroxylation is 2. The lowest BCUT2D eigenvalue weighted by Crippen LogP contribution is -2.27. The average Bonchev–Trinajstić information content (AvgIpc) is 2.37. The normalized spacial score (nSPS) is 10.3. The van der Waals surface area contributed by atoms with Crippen molar-refractivity contribution >= 4 is 17.3 Å². The lowest BCUT2D eigenvalue weighted by molar-refractivity contribution is 0.0992. The van der Waals surface area contributed by atoms with Crippen LogP contribution in [0.2, 0.25) is 0 Å². The maximum Gasteiger partial charge on any atom is 0.258 e. The van der Waals surface area contributed by atoms with Crippen molar-refractivity contribution in [3.63, 3.8) is 0 Å². The first-order valence-electron chi connectivity index (χ1n) is 6.20. The molecule has 0 unspecified atom stereocenters. The Bertz CT molecular complexity index is 600. The van der Waals surface area contributed by atoms with Gasteiger partial charge in [0, 0.05) is 24.0 Å². The molecule has 0 aliphatic heterocycles. The van der Waals surface area contributed by atoms with Gasteiger partial charge in [0.25, 0.3) is 5.91 Å². The zero-order valence-electron chi connectivity index (χ0n) is 11.5. The van der Waals surface area contributed by atoms with Gasteiger partial charge in [0.15, 0.2) is 0 Å². The SMILES string of the molecule is Cc1cccc(C)c1C(=O)N(C)c1cccc(N)c1. The second-order valence-corrected chi connectivity index (χ2v) is 4.73. The third-order valence-corrected chi connectivity index (χ3v) is 3.26. The van der Waals surface area contributed by atoms with Gasteiger partial charge in [-0.2, -0.15) is 0 Å². The van der Waals surface area contributed by atoms with Gasteiger partial charge >= 0.3 is 0 Å². The lowest BCUT2D eigenvalue weighted by Gasteiger charge is -2.20. The molecule has 1 amide bonds. The Kier molecular flexibility index (Phi) is 3.56. The third-order valence-electron chi connectivity index (χ3n) is 3.26. The van der Waals surface area contributed by atoms with Crippen LogP contribution < -0.4 is 10.6 Å². The summed E-state index contributed by atoms with van der Waals surface area (Å²) in [5.41, 5.74) is 9.94. The summed E-state index contributed by atoms with van der Waals surface area (Å²) in [6.45, 7) is 3.90. The van der Waals surface area contributed by atoms with E-state index in [0.717, 1.165) is 22.4 Å². The van der Waals surface area contributed by atoms with Crippen LogP contribution in [0.4, 0.5) is 11.4 Å². The first-order chi connectivity index (χ1) is 9.00. The summed E-state index contributed by atoms with van der Waals surface area (Å²) in [7, 11) is 1.77. The monoisotopic (exact) mass is 254 g/mol. The van der Waals surface area contributed by atoms with E-state index >= 15 is 0 Å². The molecule has 0 spiro atoms. The average molecular weight is 254 g/mol. The number of anilines is 2. The summed E-state index contributed by atoms with van der Waals surface area (Å²) in [4.78, 5) is 14.2. The molecular weight excluding hydrogens is 236 g/mol. The fourth-order valence-corrected chi connectivity index (χ4v) is 2.17. The summed E-state index contributed by atoms with van der Waals surface area (Å²) in [6, 6.07) is 13.2. The number of rotatable bonds is 2. The van der Waals surface area contributed by atoms with Crippen molar-refractivity contribution in [1.29, 1.82) is 0 Å². The van der Waals surface area contributed by atoms with Crippen LogP contribution in [0.25, 0.3) is 0 Å². The summed E-state index contributed by atoms with van der Waals surface area (Å²) >= 11 is 0. The van der Waals surface area contributed by atoms with Crippen LogP contribution in [-0.4, -0.2) is 13.0 Å². The van der Waals surface area contributed by atoms with Gasteiger partial charge in [0.05, 0.1) is 0 Å². The molecule has 0 aliphatic carbocycles. The van der Waals surface area contributed by atoms with Crippen LogP contribution in [0.15, 0.2) is 42.5 Å². The smallest absolute Gasteiger partial charge is 0.258 e. The van der Waals surface area contributed by atoms with Gasteiger partial charge in [-0.1, -0.05) is 24.3 Å². The Balaban J connectivity index is 2.39. The van der Waals surface area contributed by atoms with E-state index < -0.39 is 0 Å². The number of hydrogen-bond acceptors (Lipinski definition) is 2.